The first-order valence-electron chi connectivity index (χ1n) is 5.09. The van der Waals surface area contributed by atoms with Crippen LogP contribution in [0.1, 0.15) is 45.4 Å². The van der Waals surface area contributed by atoms with Crippen molar-refractivity contribution in [2.24, 2.45) is 4.99 Å². The maximum Gasteiger partial charge on any atom is 0.183 e. The molecule has 0 aromatic heterocycles. The van der Waals surface area contributed by atoms with Crippen molar-refractivity contribution in [1.82, 2.24) is 0 Å². The van der Waals surface area contributed by atoms with Crippen molar-refractivity contribution in [1.29, 1.82) is 0 Å². The standard InChI is InChI=1S/C10H19NO/c1-2-3-4-5-7-10-11-8-6-9-12-10/h2-9H2,1H3. The van der Waals surface area contributed by atoms with E-state index in [1.807, 2.05) is 0 Å². The Morgan fingerprint density at radius 1 is 1.33 bits per heavy atom. The van der Waals surface area contributed by atoms with Crippen LogP contribution in [0.25, 0.3) is 0 Å². The zero-order chi connectivity index (χ0) is 8.65. The van der Waals surface area contributed by atoms with Gasteiger partial charge in [0, 0.05) is 19.4 Å². The zero-order valence-electron chi connectivity index (χ0n) is 8.01. The Morgan fingerprint density at radius 2 is 2.25 bits per heavy atom. The van der Waals surface area contributed by atoms with E-state index in [0.29, 0.717) is 0 Å². The first-order chi connectivity index (χ1) is 5.93. The van der Waals surface area contributed by atoms with Gasteiger partial charge < -0.3 is 4.74 Å². The van der Waals surface area contributed by atoms with Crippen LogP contribution in [0, 0.1) is 0 Å². The minimum Gasteiger partial charge on any atom is -0.481 e. The largest absolute Gasteiger partial charge is 0.481 e. The summed E-state index contributed by atoms with van der Waals surface area (Å²) in [5, 5.41) is 0. The molecule has 1 aliphatic heterocycles. The van der Waals surface area contributed by atoms with Gasteiger partial charge in [-0.15, -0.1) is 0 Å². The third kappa shape index (κ3) is 3.74. The van der Waals surface area contributed by atoms with Gasteiger partial charge in [0.05, 0.1) is 6.61 Å². The first-order valence-corrected chi connectivity index (χ1v) is 5.09. The van der Waals surface area contributed by atoms with Gasteiger partial charge in [-0.1, -0.05) is 26.2 Å². The number of hydrogen-bond acceptors (Lipinski definition) is 2. The number of hydrogen-bond donors (Lipinski definition) is 0. The highest BCUT2D eigenvalue weighted by Gasteiger charge is 2.04. The van der Waals surface area contributed by atoms with E-state index in [9.17, 15) is 0 Å². The summed E-state index contributed by atoms with van der Waals surface area (Å²) in [6.45, 7) is 4.09. The lowest BCUT2D eigenvalue weighted by atomic mass is 10.1. The van der Waals surface area contributed by atoms with Gasteiger partial charge in [0.25, 0.3) is 0 Å². The summed E-state index contributed by atoms with van der Waals surface area (Å²) in [5.74, 6) is 0.998. The van der Waals surface area contributed by atoms with Crippen LogP contribution in [-0.2, 0) is 4.74 Å². The molecule has 0 aliphatic carbocycles. The van der Waals surface area contributed by atoms with Gasteiger partial charge in [-0.3, -0.25) is 4.99 Å². The SMILES string of the molecule is CCCCCCC1=NCCCO1. The van der Waals surface area contributed by atoms with Crippen molar-refractivity contribution >= 4 is 5.90 Å². The average molecular weight is 169 g/mol. The van der Waals surface area contributed by atoms with Gasteiger partial charge in [-0.05, 0) is 6.42 Å². The molecule has 2 heteroatoms. The monoisotopic (exact) mass is 169 g/mol. The molecule has 1 aliphatic rings. The van der Waals surface area contributed by atoms with E-state index in [1.165, 1.54) is 25.7 Å². The summed E-state index contributed by atoms with van der Waals surface area (Å²) in [7, 11) is 0. The number of ether oxygens (including phenoxy) is 1. The summed E-state index contributed by atoms with van der Waals surface area (Å²) in [4.78, 5) is 4.32. The molecule has 0 aromatic rings. The summed E-state index contributed by atoms with van der Waals surface area (Å²) < 4.78 is 5.41. The van der Waals surface area contributed by atoms with E-state index in [2.05, 4.69) is 11.9 Å². The Bertz CT molecular complexity index is 143. The maximum absolute atomic E-state index is 5.41. The van der Waals surface area contributed by atoms with E-state index in [1.54, 1.807) is 0 Å². The second-order valence-electron chi connectivity index (χ2n) is 3.29. The number of rotatable bonds is 5. The van der Waals surface area contributed by atoms with Crippen molar-refractivity contribution < 1.29 is 4.74 Å². The predicted molar refractivity (Wildman–Crippen MR) is 51.6 cm³/mol. The summed E-state index contributed by atoms with van der Waals surface area (Å²) in [6.07, 6.45) is 7.35. The van der Waals surface area contributed by atoms with E-state index < -0.39 is 0 Å². The molecule has 2 nitrogen and oxygen atoms in total. The molecular formula is C10H19NO. The molecule has 0 saturated carbocycles. The highest BCUT2D eigenvalue weighted by molar-refractivity contribution is 5.76. The van der Waals surface area contributed by atoms with Crippen molar-refractivity contribution in [2.75, 3.05) is 13.2 Å². The van der Waals surface area contributed by atoms with Crippen LogP contribution in [-0.4, -0.2) is 19.0 Å². The molecule has 0 unspecified atom stereocenters. The van der Waals surface area contributed by atoms with E-state index in [0.717, 1.165) is 31.9 Å². The van der Waals surface area contributed by atoms with Crippen LogP contribution >= 0.6 is 0 Å². The van der Waals surface area contributed by atoms with Crippen LogP contribution in [0.15, 0.2) is 4.99 Å². The van der Waals surface area contributed by atoms with E-state index >= 15 is 0 Å². The van der Waals surface area contributed by atoms with Crippen LogP contribution < -0.4 is 0 Å². The maximum atomic E-state index is 5.41. The van der Waals surface area contributed by atoms with E-state index in [4.69, 9.17) is 4.74 Å². The van der Waals surface area contributed by atoms with E-state index in [-0.39, 0.29) is 0 Å². The highest BCUT2D eigenvalue weighted by Crippen LogP contribution is 2.07. The topological polar surface area (TPSA) is 21.6 Å². The van der Waals surface area contributed by atoms with Crippen LogP contribution in [0.5, 0.6) is 0 Å². The van der Waals surface area contributed by atoms with Gasteiger partial charge in [0.15, 0.2) is 5.90 Å². The first kappa shape index (κ1) is 9.56. The zero-order valence-corrected chi connectivity index (χ0v) is 8.01. The Kier molecular flexibility index (Phi) is 4.81. The van der Waals surface area contributed by atoms with Crippen LogP contribution in [0.2, 0.25) is 0 Å². The lowest BCUT2D eigenvalue weighted by molar-refractivity contribution is 0.272. The highest BCUT2D eigenvalue weighted by atomic mass is 16.5. The second kappa shape index (κ2) is 6.04. The summed E-state index contributed by atoms with van der Waals surface area (Å²) >= 11 is 0. The minimum absolute atomic E-state index is 0.882. The van der Waals surface area contributed by atoms with Crippen LogP contribution in [0.3, 0.4) is 0 Å². The van der Waals surface area contributed by atoms with Gasteiger partial charge in [-0.2, -0.15) is 0 Å². The third-order valence-corrected chi connectivity index (χ3v) is 2.10. The lowest BCUT2D eigenvalue weighted by Gasteiger charge is -2.13. The van der Waals surface area contributed by atoms with Crippen molar-refractivity contribution in [3.63, 3.8) is 0 Å². The molecule has 0 atom stereocenters. The number of unbranched alkanes of at least 4 members (excludes halogenated alkanes) is 3. The molecule has 12 heavy (non-hydrogen) atoms. The van der Waals surface area contributed by atoms with Crippen molar-refractivity contribution in [3.8, 4) is 0 Å². The fourth-order valence-electron chi connectivity index (χ4n) is 1.36. The van der Waals surface area contributed by atoms with Gasteiger partial charge >= 0.3 is 0 Å². The van der Waals surface area contributed by atoms with Crippen LogP contribution in [0.4, 0.5) is 0 Å². The normalized spacial score (nSPS) is 16.9. The smallest absolute Gasteiger partial charge is 0.183 e. The molecule has 70 valence electrons. The Morgan fingerprint density at radius 3 is 2.92 bits per heavy atom. The molecule has 0 radical (unpaired) electrons. The molecule has 0 spiro atoms. The predicted octanol–water partition coefficient (Wildman–Crippen LogP) is 2.78. The number of aliphatic imine (C=N–C) groups is 1. The van der Waals surface area contributed by atoms with Gasteiger partial charge in [0.1, 0.15) is 0 Å². The molecule has 0 amide bonds. The summed E-state index contributed by atoms with van der Waals surface area (Å²) in [5.41, 5.74) is 0. The molecule has 0 aromatic carbocycles. The third-order valence-electron chi connectivity index (χ3n) is 2.10. The fraction of sp³-hybridized carbons (Fsp3) is 0.900. The molecule has 1 rings (SSSR count). The lowest BCUT2D eigenvalue weighted by Crippen LogP contribution is -2.13. The second-order valence-corrected chi connectivity index (χ2v) is 3.29. The van der Waals surface area contributed by atoms with Crippen molar-refractivity contribution in [3.05, 3.63) is 0 Å². The summed E-state index contributed by atoms with van der Waals surface area (Å²) in [6, 6.07) is 0. The fourth-order valence-corrected chi connectivity index (χ4v) is 1.36. The molecule has 0 bridgehead atoms. The quantitative estimate of drug-likeness (QED) is 0.580. The molecular weight excluding hydrogens is 150 g/mol. The molecule has 1 heterocycles. The Hall–Kier alpha value is -0.530. The van der Waals surface area contributed by atoms with Crippen molar-refractivity contribution in [2.45, 2.75) is 45.4 Å². The molecule has 0 fully saturated rings. The Labute approximate surface area is 75.0 Å². The van der Waals surface area contributed by atoms with Gasteiger partial charge in [0.2, 0.25) is 0 Å². The number of nitrogens with zero attached hydrogens (tertiary/aromatic N) is 1. The average Bonchev–Trinajstić information content (AvgIpc) is 2.14. The van der Waals surface area contributed by atoms with Gasteiger partial charge in [-0.25, -0.2) is 0 Å². The molecule has 0 N–H and O–H groups in total. The Balaban J connectivity index is 2.01. The molecule has 0 saturated heterocycles. The minimum atomic E-state index is 0.882.